The van der Waals surface area contributed by atoms with Crippen LogP contribution in [0.1, 0.15) is 11.1 Å². The van der Waals surface area contributed by atoms with Crippen molar-refractivity contribution < 1.29 is 23.8 Å². The molecule has 2 aromatic carbocycles. The fraction of sp³-hybridized carbons (Fsp3) is 0.150. The zero-order valence-corrected chi connectivity index (χ0v) is 15.9. The summed E-state index contributed by atoms with van der Waals surface area (Å²) in [5, 5.41) is 9.50. The quantitative estimate of drug-likeness (QED) is 0.331. The second kappa shape index (κ2) is 9.44. The molecule has 0 heterocycles. The van der Waals surface area contributed by atoms with Gasteiger partial charge in [-0.25, -0.2) is 4.79 Å². The van der Waals surface area contributed by atoms with Crippen LogP contribution in [0.2, 0.25) is 5.02 Å². The molecule has 2 rings (SSSR count). The standard InChI is InChI=1S/C20H17ClN2O5/c1-12-7-15(4-5-16(12)21)27-11-19(24)28-17-6-3-13(9-18(17)26-2)8-14(10-22)20(23)25/h3-9H,11H2,1-2H3,(H2,23,25)/b14-8+. The Morgan fingerprint density at radius 2 is 1.96 bits per heavy atom. The highest BCUT2D eigenvalue weighted by Crippen LogP contribution is 2.29. The molecule has 0 bridgehead atoms. The summed E-state index contributed by atoms with van der Waals surface area (Å²) in [4.78, 5) is 23.2. The number of nitrogens with two attached hydrogens (primary N) is 1. The van der Waals surface area contributed by atoms with Gasteiger partial charge in [0, 0.05) is 5.02 Å². The molecule has 0 aliphatic carbocycles. The normalized spacial score (nSPS) is 10.7. The molecule has 1 amide bonds. The lowest BCUT2D eigenvalue weighted by Gasteiger charge is -2.11. The fourth-order valence-corrected chi connectivity index (χ4v) is 2.30. The number of carbonyl (C=O) groups is 2. The van der Waals surface area contributed by atoms with E-state index >= 15 is 0 Å². The van der Waals surface area contributed by atoms with Gasteiger partial charge in [0.1, 0.15) is 17.4 Å². The lowest BCUT2D eigenvalue weighted by molar-refractivity contribution is -0.136. The highest BCUT2D eigenvalue weighted by Gasteiger charge is 2.13. The van der Waals surface area contributed by atoms with E-state index in [0.717, 1.165) is 5.56 Å². The average Bonchev–Trinajstić information content (AvgIpc) is 2.67. The van der Waals surface area contributed by atoms with Crippen molar-refractivity contribution in [2.24, 2.45) is 5.73 Å². The van der Waals surface area contributed by atoms with E-state index in [0.29, 0.717) is 16.3 Å². The molecule has 0 radical (unpaired) electrons. The summed E-state index contributed by atoms with van der Waals surface area (Å²) in [6, 6.07) is 11.3. The molecule has 0 saturated carbocycles. The van der Waals surface area contributed by atoms with Crippen molar-refractivity contribution in [3.05, 3.63) is 58.1 Å². The molecule has 2 aromatic rings. The van der Waals surface area contributed by atoms with Gasteiger partial charge in [0.25, 0.3) is 5.91 Å². The van der Waals surface area contributed by atoms with Gasteiger partial charge in [-0.05, 0) is 54.5 Å². The van der Waals surface area contributed by atoms with Gasteiger partial charge >= 0.3 is 5.97 Å². The van der Waals surface area contributed by atoms with Gasteiger partial charge in [-0.3, -0.25) is 4.79 Å². The number of nitrogens with zero attached hydrogens (tertiary/aromatic N) is 1. The molecular weight excluding hydrogens is 384 g/mol. The van der Waals surface area contributed by atoms with E-state index in [-0.39, 0.29) is 23.7 Å². The number of rotatable bonds is 7. The van der Waals surface area contributed by atoms with Crippen molar-refractivity contribution in [2.75, 3.05) is 13.7 Å². The Labute approximate surface area is 166 Å². The summed E-state index contributed by atoms with van der Waals surface area (Å²) in [5.74, 6) is -0.582. The van der Waals surface area contributed by atoms with Crippen molar-refractivity contribution in [1.29, 1.82) is 5.26 Å². The first-order valence-electron chi connectivity index (χ1n) is 8.03. The molecule has 0 unspecified atom stereocenters. The zero-order chi connectivity index (χ0) is 20.7. The zero-order valence-electron chi connectivity index (χ0n) is 15.2. The number of methoxy groups -OCH3 is 1. The van der Waals surface area contributed by atoms with Crippen LogP contribution in [0.5, 0.6) is 17.2 Å². The van der Waals surface area contributed by atoms with Crippen molar-refractivity contribution in [2.45, 2.75) is 6.92 Å². The van der Waals surface area contributed by atoms with Crippen LogP contribution in [0.3, 0.4) is 0 Å². The van der Waals surface area contributed by atoms with Gasteiger partial charge in [-0.2, -0.15) is 5.26 Å². The number of nitriles is 1. The minimum Gasteiger partial charge on any atom is -0.493 e. The number of amides is 1. The molecule has 0 saturated heterocycles. The maximum absolute atomic E-state index is 12.1. The molecule has 2 N–H and O–H groups in total. The SMILES string of the molecule is COc1cc(/C=C(\C#N)C(N)=O)ccc1OC(=O)COc1ccc(Cl)c(C)c1. The van der Waals surface area contributed by atoms with E-state index in [1.165, 1.54) is 25.3 Å². The third-order valence-electron chi connectivity index (χ3n) is 3.59. The number of benzene rings is 2. The van der Waals surface area contributed by atoms with Crippen molar-refractivity contribution in [3.8, 4) is 23.3 Å². The van der Waals surface area contributed by atoms with E-state index in [2.05, 4.69) is 0 Å². The monoisotopic (exact) mass is 400 g/mol. The molecule has 0 spiro atoms. The number of carbonyl (C=O) groups excluding carboxylic acids is 2. The Hall–Kier alpha value is -3.50. The van der Waals surface area contributed by atoms with E-state index in [4.69, 9.17) is 36.8 Å². The number of ether oxygens (including phenoxy) is 3. The molecular formula is C20H17ClN2O5. The number of hydrogen-bond acceptors (Lipinski definition) is 6. The third kappa shape index (κ3) is 5.50. The molecule has 28 heavy (non-hydrogen) atoms. The summed E-state index contributed by atoms with van der Waals surface area (Å²) in [6.45, 7) is 1.51. The van der Waals surface area contributed by atoms with Crippen LogP contribution >= 0.6 is 11.6 Å². The predicted molar refractivity (Wildman–Crippen MR) is 103 cm³/mol. The second-order valence-corrected chi connectivity index (χ2v) is 6.03. The van der Waals surface area contributed by atoms with Gasteiger partial charge in [-0.1, -0.05) is 17.7 Å². The lowest BCUT2D eigenvalue weighted by atomic mass is 10.1. The molecule has 144 valence electrons. The van der Waals surface area contributed by atoms with Crippen LogP contribution in [0.4, 0.5) is 0 Å². The predicted octanol–water partition coefficient (Wildman–Crippen LogP) is 3.03. The van der Waals surface area contributed by atoms with Gasteiger partial charge in [0.15, 0.2) is 18.1 Å². The number of esters is 1. The first-order chi connectivity index (χ1) is 13.3. The van der Waals surface area contributed by atoms with Crippen molar-refractivity contribution in [1.82, 2.24) is 0 Å². The number of primary amides is 1. The van der Waals surface area contributed by atoms with Crippen LogP contribution in [0, 0.1) is 18.3 Å². The average molecular weight is 401 g/mol. The molecule has 8 heteroatoms. The third-order valence-corrected chi connectivity index (χ3v) is 4.02. The molecule has 0 aromatic heterocycles. The molecule has 0 aliphatic heterocycles. The van der Waals surface area contributed by atoms with Crippen LogP contribution in [0.15, 0.2) is 42.0 Å². The Bertz CT molecular complexity index is 979. The lowest BCUT2D eigenvalue weighted by Crippen LogP contribution is -2.18. The van der Waals surface area contributed by atoms with Crippen molar-refractivity contribution in [3.63, 3.8) is 0 Å². The Morgan fingerprint density at radius 3 is 2.57 bits per heavy atom. The number of hydrogen-bond donors (Lipinski definition) is 1. The van der Waals surface area contributed by atoms with E-state index in [9.17, 15) is 9.59 Å². The summed E-state index contributed by atoms with van der Waals surface area (Å²) < 4.78 is 15.8. The van der Waals surface area contributed by atoms with Crippen LogP contribution in [-0.4, -0.2) is 25.6 Å². The van der Waals surface area contributed by atoms with Crippen LogP contribution in [-0.2, 0) is 9.59 Å². The topological polar surface area (TPSA) is 112 Å². The van der Waals surface area contributed by atoms with Crippen LogP contribution < -0.4 is 19.9 Å². The summed E-state index contributed by atoms with van der Waals surface area (Å²) in [7, 11) is 1.40. The van der Waals surface area contributed by atoms with Crippen molar-refractivity contribution >= 4 is 29.6 Å². The van der Waals surface area contributed by atoms with E-state index < -0.39 is 11.9 Å². The maximum Gasteiger partial charge on any atom is 0.349 e. The minimum absolute atomic E-state index is 0.165. The van der Waals surface area contributed by atoms with Gasteiger partial charge < -0.3 is 19.9 Å². The summed E-state index contributed by atoms with van der Waals surface area (Å²) >= 11 is 5.95. The van der Waals surface area contributed by atoms with Crippen LogP contribution in [0.25, 0.3) is 6.08 Å². The van der Waals surface area contributed by atoms with E-state index in [1.807, 2.05) is 6.92 Å². The van der Waals surface area contributed by atoms with Gasteiger partial charge in [0.05, 0.1) is 7.11 Å². The fourth-order valence-electron chi connectivity index (χ4n) is 2.18. The Balaban J connectivity index is 2.08. The molecule has 0 aliphatic rings. The highest BCUT2D eigenvalue weighted by molar-refractivity contribution is 6.31. The summed E-state index contributed by atoms with van der Waals surface area (Å²) in [6.07, 6.45) is 1.31. The molecule has 0 fully saturated rings. The second-order valence-electron chi connectivity index (χ2n) is 5.62. The smallest absolute Gasteiger partial charge is 0.349 e. The van der Waals surface area contributed by atoms with Gasteiger partial charge in [0.2, 0.25) is 0 Å². The first kappa shape index (κ1) is 20.8. The largest absolute Gasteiger partial charge is 0.493 e. The Kier molecular flexibility index (Phi) is 7.02. The first-order valence-corrected chi connectivity index (χ1v) is 8.41. The Morgan fingerprint density at radius 1 is 1.21 bits per heavy atom. The molecule has 0 atom stereocenters. The van der Waals surface area contributed by atoms with Gasteiger partial charge in [-0.15, -0.1) is 0 Å². The maximum atomic E-state index is 12.1. The minimum atomic E-state index is -0.841. The number of halogens is 1. The highest BCUT2D eigenvalue weighted by atomic mass is 35.5. The number of aryl methyl sites for hydroxylation is 1. The summed E-state index contributed by atoms with van der Waals surface area (Å²) in [5.41, 5.74) is 6.21. The molecule has 7 nitrogen and oxygen atoms in total. The van der Waals surface area contributed by atoms with E-state index in [1.54, 1.807) is 30.3 Å².